The SMILES string of the molecule is O=C1CCC(N2Cc3cc(C(=O)Nc4cnc5c(ccn5C5COC5)c4)ccc3C2=O)C(=O)N1. The molecule has 1 atom stereocenters. The number of aromatic nitrogens is 2. The van der Waals surface area contributed by atoms with Gasteiger partial charge in [-0.2, -0.15) is 0 Å². The molecule has 6 rings (SSSR count). The molecule has 2 aromatic heterocycles. The van der Waals surface area contributed by atoms with Crippen LogP contribution in [0.5, 0.6) is 0 Å². The molecule has 172 valence electrons. The smallest absolute Gasteiger partial charge is 0.255 e. The molecule has 0 aliphatic carbocycles. The molecule has 0 radical (unpaired) electrons. The highest BCUT2D eigenvalue weighted by molar-refractivity contribution is 6.08. The maximum Gasteiger partial charge on any atom is 0.255 e. The fraction of sp³-hybridized carbons (Fsp3) is 0.292. The first kappa shape index (κ1) is 20.5. The number of amides is 4. The van der Waals surface area contributed by atoms with E-state index in [4.69, 9.17) is 4.74 Å². The van der Waals surface area contributed by atoms with E-state index in [1.165, 1.54) is 4.90 Å². The highest BCUT2D eigenvalue weighted by Crippen LogP contribution is 2.29. The van der Waals surface area contributed by atoms with Crippen molar-refractivity contribution < 1.29 is 23.9 Å². The number of nitrogens with one attached hydrogen (secondary N) is 2. The minimum absolute atomic E-state index is 0.195. The zero-order valence-corrected chi connectivity index (χ0v) is 18.1. The molecule has 3 aliphatic rings. The van der Waals surface area contributed by atoms with Gasteiger partial charge in [0.2, 0.25) is 11.8 Å². The minimum Gasteiger partial charge on any atom is -0.377 e. The van der Waals surface area contributed by atoms with Gasteiger partial charge < -0.3 is 19.5 Å². The normalized spacial score (nSPS) is 20.3. The molecule has 2 fully saturated rings. The van der Waals surface area contributed by atoms with E-state index in [0.29, 0.717) is 48.1 Å². The summed E-state index contributed by atoms with van der Waals surface area (Å²) in [5.74, 6) is -1.38. The van der Waals surface area contributed by atoms with Gasteiger partial charge in [0.15, 0.2) is 0 Å². The molecule has 1 unspecified atom stereocenters. The number of anilines is 1. The molecular formula is C24H21N5O5. The third-order valence-electron chi connectivity index (χ3n) is 6.61. The predicted octanol–water partition coefficient (Wildman–Crippen LogP) is 1.62. The van der Waals surface area contributed by atoms with Crippen molar-refractivity contribution in [2.45, 2.75) is 31.5 Å². The molecule has 3 aliphatic heterocycles. The summed E-state index contributed by atoms with van der Waals surface area (Å²) in [5.41, 5.74) is 2.96. The van der Waals surface area contributed by atoms with E-state index in [1.54, 1.807) is 24.4 Å². The van der Waals surface area contributed by atoms with E-state index >= 15 is 0 Å². The third kappa shape index (κ3) is 3.34. The molecule has 5 heterocycles. The van der Waals surface area contributed by atoms with E-state index in [1.807, 2.05) is 18.3 Å². The summed E-state index contributed by atoms with van der Waals surface area (Å²) in [7, 11) is 0. The van der Waals surface area contributed by atoms with Crippen molar-refractivity contribution in [2.24, 2.45) is 0 Å². The van der Waals surface area contributed by atoms with Crippen molar-refractivity contribution in [3.8, 4) is 0 Å². The van der Waals surface area contributed by atoms with Gasteiger partial charge >= 0.3 is 0 Å². The van der Waals surface area contributed by atoms with Gasteiger partial charge in [-0.25, -0.2) is 4.98 Å². The van der Waals surface area contributed by atoms with Crippen LogP contribution in [-0.4, -0.2) is 57.3 Å². The molecule has 4 amide bonds. The summed E-state index contributed by atoms with van der Waals surface area (Å²) in [6.07, 6.45) is 4.09. The monoisotopic (exact) mass is 459 g/mol. The van der Waals surface area contributed by atoms with E-state index in [-0.39, 0.29) is 30.7 Å². The summed E-state index contributed by atoms with van der Waals surface area (Å²) in [6.45, 7) is 1.56. The lowest BCUT2D eigenvalue weighted by atomic mass is 10.0. The molecular weight excluding hydrogens is 438 g/mol. The van der Waals surface area contributed by atoms with Crippen LogP contribution in [0.25, 0.3) is 11.0 Å². The van der Waals surface area contributed by atoms with Crippen LogP contribution < -0.4 is 10.6 Å². The van der Waals surface area contributed by atoms with Crippen molar-refractivity contribution in [3.05, 3.63) is 59.4 Å². The Bertz CT molecular complexity index is 1380. The Kier molecular flexibility index (Phi) is 4.70. The van der Waals surface area contributed by atoms with Crippen LogP contribution in [0.1, 0.15) is 45.2 Å². The summed E-state index contributed by atoms with van der Waals surface area (Å²) in [5, 5.41) is 6.08. The van der Waals surface area contributed by atoms with Crippen molar-refractivity contribution in [1.29, 1.82) is 0 Å². The number of ether oxygens (including phenoxy) is 1. The molecule has 1 aromatic carbocycles. The quantitative estimate of drug-likeness (QED) is 0.572. The van der Waals surface area contributed by atoms with Gasteiger partial charge in [-0.05, 0) is 42.3 Å². The first-order valence-corrected chi connectivity index (χ1v) is 11.1. The lowest BCUT2D eigenvalue weighted by Crippen LogP contribution is -2.52. The van der Waals surface area contributed by atoms with Crippen LogP contribution in [0, 0.1) is 0 Å². The van der Waals surface area contributed by atoms with E-state index in [9.17, 15) is 19.2 Å². The van der Waals surface area contributed by atoms with Gasteiger partial charge in [0, 0.05) is 35.7 Å². The maximum atomic E-state index is 12.9. The molecule has 3 aromatic rings. The Morgan fingerprint density at radius 2 is 2.00 bits per heavy atom. The Morgan fingerprint density at radius 3 is 2.76 bits per heavy atom. The zero-order valence-electron chi connectivity index (χ0n) is 18.1. The van der Waals surface area contributed by atoms with E-state index in [2.05, 4.69) is 20.2 Å². The molecule has 0 bridgehead atoms. The number of benzene rings is 1. The number of hydrogen-bond acceptors (Lipinski definition) is 6. The third-order valence-corrected chi connectivity index (χ3v) is 6.61. The Balaban J connectivity index is 1.19. The van der Waals surface area contributed by atoms with E-state index in [0.717, 1.165) is 11.0 Å². The minimum atomic E-state index is -0.688. The van der Waals surface area contributed by atoms with Crippen LogP contribution in [0.15, 0.2) is 42.7 Å². The standard InChI is InChI=1S/C24H21N5O5/c30-20-4-3-19(23(32)27-20)29-10-15-7-14(1-2-18(15)24(29)33)22(31)26-16-8-13-5-6-28(17-11-34-12-17)21(13)25-9-16/h1-2,5-9,17,19H,3-4,10-12H2,(H,26,31)(H,27,30,32). The molecule has 2 saturated heterocycles. The molecule has 0 spiro atoms. The number of piperidine rings is 1. The predicted molar refractivity (Wildman–Crippen MR) is 120 cm³/mol. The number of imide groups is 1. The molecule has 2 N–H and O–H groups in total. The van der Waals surface area contributed by atoms with E-state index < -0.39 is 11.9 Å². The van der Waals surface area contributed by atoms with Crippen LogP contribution in [0.2, 0.25) is 0 Å². The van der Waals surface area contributed by atoms with Crippen LogP contribution in [0.4, 0.5) is 5.69 Å². The van der Waals surface area contributed by atoms with Gasteiger partial charge in [-0.1, -0.05) is 0 Å². The highest BCUT2D eigenvalue weighted by atomic mass is 16.5. The van der Waals surface area contributed by atoms with Crippen molar-refractivity contribution >= 4 is 40.3 Å². The number of fused-ring (bicyclic) bond motifs is 2. The molecule has 10 nitrogen and oxygen atoms in total. The number of hydrogen-bond donors (Lipinski definition) is 2. The lowest BCUT2D eigenvalue weighted by Gasteiger charge is -2.29. The second-order valence-electron chi connectivity index (χ2n) is 8.78. The van der Waals surface area contributed by atoms with Crippen molar-refractivity contribution in [2.75, 3.05) is 18.5 Å². The average molecular weight is 459 g/mol. The highest BCUT2D eigenvalue weighted by Gasteiger charge is 2.39. The van der Waals surface area contributed by atoms with Gasteiger partial charge in [-0.15, -0.1) is 0 Å². The molecule has 34 heavy (non-hydrogen) atoms. The maximum absolute atomic E-state index is 12.9. The first-order valence-electron chi connectivity index (χ1n) is 11.1. The number of carbonyl (C=O) groups excluding carboxylic acids is 4. The van der Waals surface area contributed by atoms with Crippen LogP contribution >= 0.6 is 0 Å². The van der Waals surface area contributed by atoms with Crippen molar-refractivity contribution in [3.63, 3.8) is 0 Å². The first-order chi connectivity index (χ1) is 16.5. The fourth-order valence-electron chi connectivity index (χ4n) is 4.71. The number of nitrogens with zero attached hydrogens (tertiary/aromatic N) is 3. The largest absolute Gasteiger partial charge is 0.377 e. The van der Waals surface area contributed by atoms with Crippen LogP contribution in [0.3, 0.4) is 0 Å². The summed E-state index contributed by atoms with van der Waals surface area (Å²) < 4.78 is 7.34. The van der Waals surface area contributed by atoms with Gasteiger partial charge in [0.25, 0.3) is 11.8 Å². The van der Waals surface area contributed by atoms with Crippen molar-refractivity contribution in [1.82, 2.24) is 19.8 Å². The second-order valence-corrected chi connectivity index (χ2v) is 8.78. The summed E-state index contributed by atoms with van der Waals surface area (Å²) in [4.78, 5) is 55.4. The lowest BCUT2D eigenvalue weighted by molar-refractivity contribution is -0.136. The number of carbonyl (C=O) groups is 4. The van der Waals surface area contributed by atoms with Gasteiger partial charge in [0.05, 0.1) is 31.1 Å². The molecule has 10 heteroatoms. The Hall–Kier alpha value is -4.05. The second kappa shape index (κ2) is 7.77. The van der Waals surface area contributed by atoms with Gasteiger partial charge in [-0.3, -0.25) is 24.5 Å². The topological polar surface area (TPSA) is 123 Å². The van der Waals surface area contributed by atoms with Crippen LogP contribution in [-0.2, 0) is 20.9 Å². The zero-order chi connectivity index (χ0) is 23.4. The summed E-state index contributed by atoms with van der Waals surface area (Å²) in [6, 6.07) is 8.32. The fourth-order valence-corrected chi connectivity index (χ4v) is 4.71. The number of pyridine rings is 1. The summed E-state index contributed by atoms with van der Waals surface area (Å²) >= 11 is 0. The number of rotatable bonds is 4. The molecule has 0 saturated carbocycles. The van der Waals surface area contributed by atoms with Gasteiger partial charge in [0.1, 0.15) is 11.7 Å². The Labute approximate surface area is 193 Å². The average Bonchev–Trinajstić information content (AvgIpc) is 3.33. The Morgan fingerprint density at radius 1 is 1.15 bits per heavy atom.